The van der Waals surface area contributed by atoms with Gasteiger partial charge in [0.1, 0.15) is 0 Å². The molecule has 18 heavy (non-hydrogen) atoms. The highest BCUT2D eigenvalue weighted by Crippen LogP contribution is 2.07. The highest BCUT2D eigenvalue weighted by molar-refractivity contribution is 5.40. The largest absolute Gasteiger partial charge is 0.399 e. The van der Waals surface area contributed by atoms with Crippen LogP contribution in [0.4, 0.5) is 5.69 Å². The lowest BCUT2D eigenvalue weighted by molar-refractivity contribution is 0.115. The third-order valence-electron chi connectivity index (χ3n) is 2.89. The molecule has 4 heteroatoms. The molecule has 2 N–H and O–H groups in total. The summed E-state index contributed by atoms with van der Waals surface area (Å²) < 4.78 is 10.2. The van der Waals surface area contributed by atoms with Crippen LogP contribution < -0.4 is 5.73 Å². The van der Waals surface area contributed by atoms with Crippen molar-refractivity contribution in [3.63, 3.8) is 0 Å². The fourth-order valence-corrected chi connectivity index (χ4v) is 1.81. The number of nitrogens with zero attached hydrogens (tertiary/aromatic N) is 1. The van der Waals surface area contributed by atoms with Gasteiger partial charge >= 0.3 is 0 Å². The first kappa shape index (κ1) is 15.0. The van der Waals surface area contributed by atoms with Crippen molar-refractivity contribution in [3.8, 4) is 0 Å². The summed E-state index contributed by atoms with van der Waals surface area (Å²) in [7, 11) is 3.46. The van der Waals surface area contributed by atoms with E-state index in [2.05, 4.69) is 11.0 Å². The van der Waals surface area contributed by atoms with E-state index in [-0.39, 0.29) is 0 Å². The molecule has 0 aliphatic heterocycles. The molecule has 0 atom stereocenters. The maximum atomic E-state index is 5.77. The van der Waals surface area contributed by atoms with Gasteiger partial charge in [-0.25, -0.2) is 0 Å². The molecule has 1 rings (SSSR count). The molecule has 4 nitrogen and oxygen atoms in total. The van der Waals surface area contributed by atoms with Gasteiger partial charge in [-0.3, -0.25) is 4.90 Å². The third-order valence-corrected chi connectivity index (χ3v) is 2.89. The normalized spacial score (nSPS) is 11.1. The van der Waals surface area contributed by atoms with Crippen molar-refractivity contribution in [2.45, 2.75) is 6.42 Å². The molecule has 0 aliphatic rings. The molecule has 0 saturated carbocycles. The van der Waals surface area contributed by atoms with Crippen molar-refractivity contribution in [2.75, 3.05) is 52.8 Å². The number of nitrogen functional groups attached to an aromatic ring is 1. The summed E-state index contributed by atoms with van der Waals surface area (Å²) in [5.74, 6) is 0. The average molecular weight is 252 g/mol. The lowest BCUT2D eigenvalue weighted by Crippen LogP contribution is -2.32. The molecule has 0 aromatic heterocycles. The van der Waals surface area contributed by atoms with Crippen molar-refractivity contribution >= 4 is 5.69 Å². The highest BCUT2D eigenvalue weighted by Gasteiger charge is 2.05. The van der Waals surface area contributed by atoms with Crippen LogP contribution in [0, 0.1) is 0 Å². The van der Waals surface area contributed by atoms with E-state index >= 15 is 0 Å². The SMILES string of the molecule is COCCN(CCOC)CCc1cccc(N)c1. The van der Waals surface area contributed by atoms with Crippen LogP contribution in [-0.4, -0.2) is 52.0 Å². The van der Waals surface area contributed by atoms with E-state index in [9.17, 15) is 0 Å². The van der Waals surface area contributed by atoms with Crippen LogP contribution in [0.3, 0.4) is 0 Å². The van der Waals surface area contributed by atoms with Gasteiger partial charge in [-0.1, -0.05) is 12.1 Å². The fraction of sp³-hybridized carbons (Fsp3) is 0.571. The van der Waals surface area contributed by atoms with Crippen LogP contribution in [0.1, 0.15) is 5.56 Å². The summed E-state index contributed by atoms with van der Waals surface area (Å²) in [5.41, 5.74) is 7.87. The van der Waals surface area contributed by atoms with Gasteiger partial charge in [0.2, 0.25) is 0 Å². The quantitative estimate of drug-likeness (QED) is 0.675. The Morgan fingerprint density at radius 3 is 2.28 bits per heavy atom. The molecular weight excluding hydrogens is 228 g/mol. The summed E-state index contributed by atoms with van der Waals surface area (Å²) in [6.07, 6.45) is 0.998. The third kappa shape index (κ3) is 6.00. The van der Waals surface area contributed by atoms with Gasteiger partial charge in [-0.05, 0) is 24.1 Å². The van der Waals surface area contributed by atoms with Crippen molar-refractivity contribution < 1.29 is 9.47 Å². The van der Waals surface area contributed by atoms with E-state index in [1.54, 1.807) is 14.2 Å². The minimum absolute atomic E-state index is 0.751. The lowest BCUT2D eigenvalue weighted by Gasteiger charge is -2.21. The molecule has 0 radical (unpaired) electrons. The fourth-order valence-electron chi connectivity index (χ4n) is 1.81. The number of hydrogen-bond donors (Lipinski definition) is 1. The van der Waals surface area contributed by atoms with E-state index in [1.807, 2.05) is 18.2 Å². The summed E-state index contributed by atoms with van der Waals surface area (Å²) >= 11 is 0. The average Bonchev–Trinajstić information content (AvgIpc) is 2.38. The first-order chi connectivity index (χ1) is 8.76. The van der Waals surface area contributed by atoms with E-state index in [1.165, 1.54) is 5.56 Å². The second-order valence-corrected chi connectivity index (χ2v) is 4.32. The molecule has 102 valence electrons. The van der Waals surface area contributed by atoms with Crippen molar-refractivity contribution in [1.29, 1.82) is 0 Å². The molecule has 1 aromatic rings. The second kappa shape index (κ2) is 8.91. The predicted molar refractivity (Wildman–Crippen MR) is 74.8 cm³/mol. The minimum Gasteiger partial charge on any atom is -0.399 e. The number of anilines is 1. The van der Waals surface area contributed by atoms with Gasteiger partial charge in [0.15, 0.2) is 0 Å². The Kier molecular flexibility index (Phi) is 7.41. The first-order valence-electron chi connectivity index (χ1n) is 6.31. The second-order valence-electron chi connectivity index (χ2n) is 4.32. The monoisotopic (exact) mass is 252 g/mol. The summed E-state index contributed by atoms with van der Waals surface area (Å²) in [4.78, 5) is 2.34. The topological polar surface area (TPSA) is 47.7 Å². The Hall–Kier alpha value is -1.10. The Balaban J connectivity index is 2.39. The molecule has 0 bridgehead atoms. The molecule has 0 spiro atoms. The van der Waals surface area contributed by atoms with Gasteiger partial charge in [0.25, 0.3) is 0 Å². The smallest absolute Gasteiger partial charge is 0.0589 e. The lowest BCUT2D eigenvalue weighted by atomic mass is 10.1. The molecule has 0 unspecified atom stereocenters. The summed E-state index contributed by atoms with van der Waals surface area (Å²) in [6.45, 7) is 4.36. The van der Waals surface area contributed by atoms with Crippen LogP contribution in [-0.2, 0) is 15.9 Å². The molecule has 0 heterocycles. The number of methoxy groups -OCH3 is 2. The molecule has 0 aliphatic carbocycles. The number of nitrogens with two attached hydrogens (primary N) is 1. The molecule has 0 saturated heterocycles. The molecule has 1 aromatic carbocycles. The molecule has 0 amide bonds. The minimum atomic E-state index is 0.751. The van der Waals surface area contributed by atoms with Crippen molar-refractivity contribution in [2.24, 2.45) is 0 Å². The zero-order valence-corrected chi connectivity index (χ0v) is 11.4. The van der Waals surface area contributed by atoms with Gasteiger partial charge < -0.3 is 15.2 Å². The van der Waals surface area contributed by atoms with Crippen molar-refractivity contribution in [3.05, 3.63) is 29.8 Å². The summed E-state index contributed by atoms with van der Waals surface area (Å²) in [6, 6.07) is 8.06. The maximum absolute atomic E-state index is 5.77. The van der Waals surface area contributed by atoms with Gasteiger partial charge in [0, 0.05) is 39.5 Å². The first-order valence-corrected chi connectivity index (χ1v) is 6.31. The summed E-state index contributed by atoms with van der Waals surface area (Å²) in [5, 5.41) is 0. The Labute approximate surface area is 110 Å². The number of ether oxygens (including phenoxy) is 2. The molecular formula is C14H24N2O2. The number of rotatable bonds is 9. The Morgan fingerprint density at radius 2 is 1.72 bits per heavy atom. The zero-order valence-electron chi connectivity index (χ0n) is 11.4. The van der Waals surface area contributed by atoms with Gasteiger partial charge in [0.05, 0.1) is 13.2 Å². The van der Waals surface area contributed by atoms with Crippen LogP contribution in [0.2, 0.25) is 0 Å². The van der Waals surface area contributed by atoms with Crippen LogP contribution in [0.25, 0.3) is 0 Å². The van der Waals surface area contributed by atoms with Crippen LogP contribution >= 0.6 is 0 Å². The van der Waals surface area contributed by atoms with Gasteiger partial charge in [-0.2, -0.15) is 0 Å². The standard InChI is InChI=1S/C14H24N2O2/c1-17-10-8-16(9-11-18-2)7-6-13-4-3-5-14(15)12-13/h3-5,12H,6-11,15H2,1-2H3. The number of benzene rings is 1. The predicted octanol–water partition coefficient (Wildman–Crippen LogP) is 1.41. The molecule has 0 fully saturated rings. The van der Waals surface area contributed by atoms with E-state index < -0.39 is 0 Å². The number of hydrogen-bond acceptors (Lipinski definition) is 4. The van der Waals surface area contributed by atoms with Crippen molar-refractivity contribution in [1.82, 2.24) is 4.90 Å². The Bertz CT molecular complexity index is 323. The van der Waals surface area contributed by atoms with E-state index in [4.69, 9.17) is 15.2 Å². The highest BCUT2D eigenvalue weighted by atomic mass is 16.5. The van der Waals surface area contributed by atoms with Crippen LogP contribution in [0.15, 0.2) is 24.3 Å². The van der Waals surface area contributed by atoms with Gasteiger partial charge in [-0.15, -0.1) is 0 Å². The Morgan fingerprint density at radius 1 is 1.06 bits per heavy atom. The van der Waals surface area contributed by atoms with E-state index in [0.717, 1.165) is 45.0 Å². The van der Waals surface area contributed by atoms with E-state index in [0.29, 0.717) is 0 Å². The van der Waals surface area contributed by atoms with Crippen LogP contribution in [0.5, 0.6) is 0 Å². The maximum Gasteiger partial charge on any atom is 0.0589 e. The zero-order chi connectivity index (χ0) is 13.2.